The summed E-state index contributed by atoms with van der Waals surface area (Å²) in [6, 6.07) is 0. The third kappa shape index (κ3) is 10.8. The molecule has 0 bridgehead atoms. The van der Waals surface area contributed by atoms with Gasteiger partial charge in [-0.15, -0.1) is 0 Å². The van der Waals surface area contributed by atoms with Gasteiger partial charge >= 0.3 is 11.9 Å². The summed E-state index contributed by atoms with van der Waals surface area (Å²) in [5.41, 5.74) is 10.1. The summed E-state index contributed by atoms with van der Waals surface area (Å²) in [7, 11) is 0. The average molecular weight is 218 g/mol. The van der Waals surface area contributed by atoms with Crippen LogP contribution < -0.4 is 11.5 Å². The lowest BCUT2D eigenvalue weighted by Gasteiger charge is -2.06. The Morgan fingerprint density at radius 3 is 2.07 bits per heavy atom. The van der Waals surface area contributed by atoms with E-state index in [2.05, 4.69) is 4.74 Å². The first-order chi connectivity index (χ1) is 7.02. The Bertz CT molecular complexity index is 206. The third-order valence-electron chi connectivity index (χ3n) is 1.79. The molecule has 0 saturated carbocycles. The number of hydrogen-bond acceptors (Lipinski definition) is 5. The zero-order valence-electron chi connectivity index (χ0n) is 8.65. The summed E-state index contributed by atoms with van der Waals surface area (Å²) in [5, 5.41) is 8.36. The predicted octanol–water partition coefficient (Wildman–Crippen LogP) is 0.156. The molecule has 6 nitrogen and oxygen atoms in total. The largest absolute Gasteiger partial charge is 0.481 e. The van der Waals surface area contributed by atoms with Crippen molar-refractivity contribution in [3.63, 3.8) is 0 Å². The molecule has 5 N–H and O–H groups in total. The Morgan fingerprint density at radius 1 is 1.07 bits per heavy atom. The van der Waals surface area contributed by atoms with Gasteiger partial charge in [-0.1, -0.05) is 12.8 Å². The van der Waals surface area contributed by atoms with Crippen LogP contribution in [0.5, 0.6) is 0 Å². The number of rotatable bonds is 8. The van der Waals surface area contributed by atoms with Crippen molar-refractivity contribution in [2.24, 2.45) is 11.5 Å². The number of carbonyl (C=O) groups excluding carboxylic acids is 1. The molecule has 0 aromatic carbocycles. The summed E-state index contributed by atoms with van der Waals surface area (Å²) in [5.74, 6) is -1.20. The second-order valence-electron chi connectivity index (χ2n) is 3.26. The molecule has 15 heavy (non-hydrogen) atoms. The Kier molecular flexibility index (Phi) is 7.57. The first kappa shape index (κ1) is 13.9. The highest BCUT2D eigenvalue weighted by atomic mass is 16.6. The number of carboxylic acid groups (broad SMARTS) is 1. The SMILES string of the molecule is NC(N)OC(=O)CCCCCCC(=O)O. The normalized spacial score (nSPS) is 10.3. The number of ether oxygens (including phenoxy) is 1. The first-order valence-electron chi connectivity index (χ1n) is 4.95. The lowest BCUT2D eigenvalue weighted by atomic mass is 10.1. The molecular formula is C9H18N2O4. The molecule has 0 heterocycles. The molecule has 0 aliphatic heterocycles. The van der Waals surface area contributed by atoms with Crippen molar-refractivity contribution in [1.82, 2.24) is 0 Å². The van der Waals surface area contributed by atoms with Crippen LogP contribution in [0.2, 0.25) is 0 Å². The van der Waals surface area contributed by atoms with Gasteiger partial charge in [0.25, 0.3) is 0 Å². The standard InChI is InChI=1S/C9H18N2O4/c10-9(11)15-8(14)6-4-2-1-3-5-7(12)13/h9H,1-6,10-11H2,(H,12,13). The van der Waals surface area contributed by atoms with Gasteiger partial charge in [-0.25, -0.2) is 0 Å². The molecule has 0 amide bonds. The molecule has 0 spiro atoms. The van der Waals surface area contributed by atoms with Crippen LogP contribution in [-0.2, 0) is 14.3 Å². The maximum Gasteiger partial charge on any atom is 0.308 e. The number of hydrogen-bond donors (Lipinski definition) is 3. The zero-order chi connectivity index (χ0) is 11.7. The van der Waals surface area contributed by atoms with Crippen molar-refractivity contribution in [3.8, 4) is 0 Å². The van der Waals surface area contributed by atoms with Gasteiger partial charge < -0.3 is 9.84 Å². The molecule has 0 fully saturated rings. The van der Waals surface area contributed by atoms with Crippen LogP contribution in [0.4, 0.5) is 0 Å². The predicted molar refractivity (Wildman–Crippen MR) is 53.6 cm³/mol. The van der Waals surface area contributed by atoms with Gasteiger partial charge in [0, 0.05) is 12.8 Å². The highest BCUT2D eigenvalue weighted by Gasteiger charge is 2.05. The minimum absolute atomic E-state index is 0.179. The minimum Gasteiger partial charge on any atom is -0.481 e. The fourth-order valence-corrected chi connectivity index (χ4v) is 1.11. The van der Waals surface area contributed by atoms with Gasteiger partial charge in [0.2, 0.25) is 6.35 Å². The van der Waals surface area contributed by atoms with Crippen molar-refractivity contribution in [2.75, 3.05) is 0 Å². The highest BCUT2D eigenvalue weighted by Crippen LogP contribution is 2.06. The lowest BCUT2D eigenvalue weighted by molar-refractivity contribution is -0.148. The van der Waals surface area contributed by atoms with Gasteiger partial charge in [0.05, 0.1) is 0 Å². The van der Waals surface area contributed by atoms with Gasteiger partial charge in [0.15, 0.2) is 0 Å². The fraction of sp³-hybridized carbons (Fsp3) is 0.778. The van der Waals surface area contributed by atoms with E-state index in [1.807, 2.05) is 0 Å². The second-order valence-corrected chi connectivity index (χ2v) is 3.26. The number of carboxylic acids is 1. The summed E-state index contributed by atoms with van der Waals surface area (Å²) in [6.45, 7) is 0. The Balaban J connectivity index is 3.24. The Labute approximate surface area is 88.6 Å². The molecule has 0 radical (unpaired) electrons. The van der Waals surface area contributed by atoms with E-state index in [4.69, 9.17) is 16.6 Å². The smallest absolute Gasteiger partial charge is 0.308 e. The lowest BCUT2D eigenvalue weighted by Crippen LogP contribution is -2.35. The van der Waals surface area contributed by atoms with Crippen molar-refractivity contribution in [1.29, 1.82) is 0 Å². The third-order valence-corrected chi connectivity index (χ3v) is 1.79. The highest BCUT2D eigenvalue weighted by molar-refractivity contribution is 5.69. The number of carbonyl (C=O) groups is 2. The van der Waals surface area contributed by atoms with E-state index in [0.29, 0.717) is 12.8 Å². The van der Waals surface area contributed by atoms with Crippen LogP contribution in [0.3, 0.4) is 0 Å². The molecule has 0 aromatic heterocycles. The number of nitrogens with two attached hydrogens (primary N) is 2. The monoisotopic (exact) mass is 218 g/mol. The molecule has 0 aliphatic rings. The number of esters is 1. The Hall–Kier alpha value is -1.14. The first-order valence-corrected chi connectivity index (χ1v) is 4.95. The molecule has 0 rings (SSSR count). The molecule has 6 heteroatoms. The van der Waals surface area contributed by atoms with Crippen LogP contribution >= 0.6 is 0 Å². The summed E-state index contributed by atoms with van der Waals surface area (Å²) in [6.07, 6.45) is 2.32. The summed E-state index contributed by atoms with van der Waals surface area (Å²) >= 11 is 0. The van der Waals surface area contributed by atoms with Crippen molar-refractivity contribution in [2.45, 2.75) is 44.9 Å². The molecule has 0 unspecified atom stereocenters. The van der Waals surface area contributed by atoms with Crippen molar-refractivity contribution >= 4 is 11.9 Å². The van der Waals surface area contributed by atoms with Crippen LogP contribution in [0.25, 0.3) is 0 Å². The fourth-order valence-electron chi connectivity index (χ4n) is 1.11. The second kappa shape index (κ2) is 8.19. The van der Waals surface area contributed by atoms with E-state index >= 15 is 0 Å². The maximum atomic E-state index is 10.9. The number of aliphatic carboxylic acids is 1. The average Bonchev–Trinajstić information content (AvgIpc) is 2.09. The van der Waals surface area contributed by atoms with Gasteiger partial charge in [-0.2, -0.15) is 0 Å². The van der Waals surface area contributed by atoms with Crippen molar-refractivity contribution < 1.29 is 19.4 Å². The van der Waals surface area contributed by atoms with E-state index in [-0.39, 0.29) is 12.8 Å². The van der Waals surface area contributed by atoms with E-state index in [9.17, 15) is 9.59 Å². The van der Waals surface area contributed by atoms with Gasteiger partial charge in [-0.05, 0) is 12.8 Å². The van der Waals surface area contributed by atoms with Crippen molar-refractivity contribution in [3.05, 3.63) is 0 Å². The maximum absolute atomic E-state index is 10.9. The van der Waals surface area contributed by atoms with Crippen LogP contribution in [0, 0.1) is 0 Å². The molecule has 0 saturated heterocycles. The zero-order valence-corrected chi connectivity index (χ0v) is 8.65. The molecular weight excluding hydrogens is 200 g/mol. The van der Waals surface area contributed by atoms with E-state index < -0.39 is 18.3 Å². The van der Waals surface area contributed by atoms with E-state index in [0.717, 1.165) is 12.8 Å². The van der Waals surface area contributed by atoms with E-state index in [1.54, 1.807) is 0 Å². The molecule has 0 aliphatic carbocycles. The Morgan fingerprint density at radius 2 is 1.60 bits per heavy atom. The summed E-state index contributed by atoms with van der Waals surface area (Å²) in [4.78, 5) is 21.1. The van der Waals surface area contributed by atoms with Crippen LogP contribution in [0.15, 0.2) is 0 Å². The number of unbranched alkanes of at least 4 members (excludes halogenated alkanes) is 3. The van der Waals surface area contributed by atoms with Gasteiger partial charge in [-0.3, -0.25) is 21.1 Å². The molecule has 88 valence electrons. The quantitative estimate of drug-likeness (QED) is 0.303. The van der Waals surface area contributed by atoms with Crippen LogP contribution in [0.1, 0.15) is 38.5 Å². The van der Waals surface area contributed by atoms with Crippen LogP contribution in [-0.4, -0.2) is 23.4 Å². The van der Waals surface area contributed by atoms with Gasteiger partial charge in [0.1, 0.15) is 0 Å². The molecule has 0 aromatic rings. The summed E-state index contributed by atoms with van der Waals surface area (Å²) < 4.78 is 4.52. The minimum atomic E-state index is -1.05. The molecule has 0 atom stereocenters. The topological polar surface area (TPSA) is 116 Å². The van der Waals surface area contributed by atoms with E-state index in [1.165, 1.54) is 0 Å².